The van der Waals surface area contributed by atoms with Gasteiger partial charge in [-0.15, -0.1) is 11.3 Å². The second kappa shape index (κ2) is 7.62. The van der Waals surface area contributed by atoms with Crippen LogP contribution in [0.2, 0.25) is 0 Å². The third-order valence-corrected chi connectivity index (χ3v) is 6.93. The number of aliphatic hydroxyl groups is 1. The molecule has 158 valence electrons. The molecular formula is C21H12N4O5S2. The second-order valence-corrected chi connectivity index (χ2v) is 8.81. The van der Waals surface area contributed by atoms with Crippen LogP contribution in [0, 0.1) is 10.1 Å². The van der Waals surface area contributed by atoms with Crippen LogP contribution in [-0.4, -0.2) is 31.7 Å². The fourth-order valence-electron chi connectivity index (χ4n) is 3.53. The highest BCUT2D eigenvalue weighted by Crippen LogP contribution is 2.45. The molecule has 1 fully saturated rings. The lowest BCUT2D eigenvalue weighted by Crippen LogP contribution is -2.28. The van der Waals surface area contributed by atoms with Crippen LogP contribution in [0.4, 0.5) is 10.8 Å². The van der Waals surface area contributed by atoms with Crippen molar-refractivity contribution < 1.29 is 19.6 Å². The number of aliphatic hydroxyl groups excluding tert-OH is 1. The maximum atomic E-state index is 13.1. The Bertz CT molecular complexity index is 1410. The highest BCUT2D eigenvalue weighted by atomic mass is 32.1. The van der Waals surface area contributed by atoms with E-state index in [-0.39, 0.29) is 22.2 Å². The first-order chi connectivity index (χ1) is 15.5. The summed E-state index contributed by atoms with van der Waals surface area (Å²) in [5.41, 5.74) is 0.687. The summed E-state index contributed by atoms with van der Waals surface area (Å²) in [6.07, 6.45) is 2.96. The Morgan fingerprint density at radius 1 is 1.16 bits per heavy atom. The molecule has 1 aliphatic rings. The number of thiophene rings is 1. The van der Waals surface area contributed by atoms with Gasteiger partial charge in [0.1, 0.15) is 11.8 Å². The van der Waals surface area contributed by atoms with Crippen LogP contribution in [0.25, 0.3) is 16.0 Å². The summed E-state index contributed by atoms with van der Waals surface area (Å²) in [6, 6.07) is 9.99. The number of nitro groups is 1. The topological polar surface area (TPSA) is 127 Å². The number of ketones is 1. The standard InChI is InChI=1S/C21H12N4O5S2/c26-18(11-5-7-22-8-6-11)16-17(14-2-1-9-31-14)24(20(28)19(16)27)21-23-13-4-3-12(25(29)30)10-15(13)32-21/h1-10,17,26H/b18-16+. The first kappa shape index (κ1) is 20.0. The average molecular weight is 464 g/mol. The molecule has 0 bridgehead atoms. The number of fused-ring (bicyclic) bond motifs is 1. The number of non-ortho nitro benzene ring substituents is 1. The number of Topliss-reactive ketones (excluding diaryl/α,β-unsaturated/α-hetero) is 1. The molecule has 4 aromatic rings. The van der Waals surface area contributed by atoms with E-state index in [1.807, 2.05) is 5.38 Å². The molecule has 1 N–H and O–H groups in total. The molecule has 0 saturated carbocycles. The Labute approximate surface area is 188 Å². The van der Waals surface area contributed by atoms with Gasteiger partial charge in [0.15, 0.2) is 5.13 Å². The Kier molecular flexibility index (Phi) is 4.76. The molecular weight excluding hydrogens is 452 g/mol. The maximum absolute atomic E-state index is 13.1. The van der Waals surface area contributed by atoms with Crippen LogP contribution in [0.15, 0.2) is 65.8 Å². The monoisotopic (exact) mass is 464 g/mol. The summed E-state index contributed by atoms with van der Waals surface area (Å²) in [5, 5.41) is 24.1. The van der Waals surface area contributed by atoms with Crippen molar-refractivity contribution >= 4 is 61.2 Å². The van der Waals surface area contributed by atoms with Crippen molar-refractivity contribution in [2.45, 2.75) is 6.04 Å². The van der Waals surface area contributed by atoms with Gasteiger partial charge in [-0.1, -0.05) is 17.4 Å². The SMILES string of the molecule is O=C1C(=O)N(c2nc3ccc([N+](=O)[O-])cc3s2)C(c2cccs2)/C1=C(\O)c1ccncc1. The van der Waals surface area contributed by atoms with Crippen LogP contribution in [0.5, 0.6) is 0 Å². The fourth-order valence-corrected chi connectivity index (χ4v) is 5.38. The predicted molar refractivity (Wildman–Crippen MR) is 120 cm³/mol. The van der Waals surface area contributed by atoms with Crippen molar-refractivity contribution in [3.63, 3.8) is 0 Å². The van der Waals surface area contributed by atoms with Crippen molar-refractivity contribution in [3.05, 3.63) is 86.4 Å². The van der Waals surface area contributed by atoms with E-state index in [9.17, 15) is 24.8 Å². The molecule has 4 heterocycles. The molecule has 1 aliphatic heterocycles. The number of hydrogen-bond donors (Lipinski definition) is 1. The number of rotatable bonds is 4. The summed E-state index contributed by atoms with van der Waals surface area (Å²) < 4.78 is 0.509. The van der Waals surface area contributed by atoms with Crippen molar-refractivity contribution in [3.8, 4) is 0 Å². The second-order valence-electron chi connectivity index (χ2n) is 6.83. The summed E-state index contributed by atoms with van der Waals surface area (Å²) in [4.78, 5) is 47.0. The minimum Gasteiger partial charge on any atom is -0.507 e. The zero-order chi connectivity index (χ0) is 22.4. The van der Waals surface area contributed by atoms with Crippen LogP contribution in [0.1, 0.15) is 16.5 Å². The maximum Gasteiger partial charge on any atom is 0.301 e. The molecule has 0 radical (unpaired) electrons. The molecule has 1 atom stereocenters. The van der Waals surface area contributed by atoms with Crippen molar-refractivity contribution in [1.29, 1.82) is 0 Å². The molecule has 1 aromatic carbocycles. The number of nitro benzene ring substituents is 1. The largest absolute Gasteiger partial charge is 0.507 e. The Hall–Kier alpha value is -3.96. The molecule has 1 unspecified atom stereocenters. The van der Waals surface area contributed by atoms with Crippen LogP contribution in [0.3, 0.4) is 0 Å². The minimum absolute atomic E-state index is 0.0473. The van der Waals surface area contributed by atoms with Gasteiger partial charge in [-0.3, -0.25) is 29.6 Å². The molecule has 32 heavy (non-hydrogen) atoms. The number of thiazole rings is 1. The van der Waals surface area contributed by atoms with Crippen molar-refractivity contribution in [1.82, 2.24) is 9.97 Å². The molecule has 0 aliphatic carbocycles. The van der Waals surface area contributed by atoms with Gasteiger partial charge in [0.2, 0.25) is 0 Å². The first-order valence-corrected chi connectivity index (χ1v) is 10.9. The third kappa shape index (κ3) is 3.15. The Balaban J connectivity index is 1.70. The number of amides is 1. The normalized spacial score (nSPS) is 17.9. The van der Waals surface area contributed by atoms with Gasteiger partial charge in [-0.2, -0.15) is 0 Å². The molecule has 9 nitrogen and oxygen atoms in total. The summed E-state index contributed by atoms with van der Waals surface area (Å²) >= 11 is 2.41. The number of pyridine rings is 1. The van der Waals surface area contributed by atoms with E-state index in [0.717, 1.165) is 11.3 Å². The Morgan fingerprint density at radius 3 is 2.62 bits per heavy atom. The number of carbonyl (C=O) groups is 2. The Morgan fingerprint density at radius 2 is 1.94 bits per heavy atom. The number of aromatic nitrogens is 2. The summed E-state index contributed by atoms with van der Waals surface area (Å²) in [5.74, 6) is -1.96. The van der Waals surface area contributed by atoms with E-state index in [0.29, 0.717) is 20.7 Å². The fraction of sp³-hybridized carbons (Fsp3) is 0.0476. The molecule has 0 spiro atoms. The quantitative estimate of drug-likeness (QED) is 0.157. The van der Waals surface area contributed by atoms with Gasteiger partial charge >= 0.3 is 5.91 Å². The average Bonchev–Trinajstić information content (AvgIpc) is 3.52. The zero-order valence-electron chi connectivity index (χ0n) is 16.0. The molecule has 1 saturated heterocycles. The molecule has 1 amide bonds. The highest BCUT2D eigenvalue weighted by Gasteiger charge is 2.48. The van der Waals surface area contributed by atoms with E-state index in [2.05, 4.69) is 9.97 Å². The van der Waals surface area contributed by atoms with Gasteiger partial charge in [0, 0.05) is 35.0 Å². The van der Waals surface area contributed by atoms with E-state index in [1.165, 1.54) is 46.8 Å². The van der Waals surface area contributed by atoms with Gasteiger partial charge in [0.05, 0.1) is 20.7 Å². The third-order valence-electron chi connectivity index (χ3n) is 4.99. The van der Waals surface area contributed by atoms with E-state index in [4.69, 9.17) is 0 Å². The lowest BCUT2D eigenvalue weighted by Gasteiger charge is -2.21. The van der Waals surface area contributed by atoms with E-state index >= 15 is 0 Å². The predicted octanol–water partition coefficient (Wildman–Crippen LogP) is 4.29. The molecule has 11 heteroatoms. The van der Waals surface area contributed by atoms with E-state index in [1.54, 1.807) is 24.3 Å². The lowest BCUT2D eigenvalue weighted by atomic mass is 10.0. The van der Waals surface area contributed by atoms with Gasteiger partial charge in [-0.25, -0.2) is 4.98 Å². The van der Waals surface area contributed by atoms with Gasteiger partial charge < -0.3 is 5.11 Å². The van der Waals surface area contributed by atoms with Gasteiger partial charge in [-0.05, 0) is 29.6 Å². The van der Waals surface area contributed by atoms with E-state index < -0.39 is 22.7 Å². The zero-order valence-corrected chi connectivity index (χ0v) is 17.7. The number of carbonyl (C=O) groups excluding carboxylic acids is 2. The van der Waals surface area contributed by atoms with Crippen LogP contribution in [-0.2, 0) is 9.59 Å². The van der Waals surface area contributed by atoms with Gasteiger partial charge in [0.25, 0.3) is 11.5 Å². The first-order valence-electron chi connectivity index (χ1n) is 9.25. The van der Waals surface area contributed by atoms with Crippen LogP contribution < -0.4 is 4.90 Å². The molecule has 5 rings (SSSR count). The highest BCUT2D eigenvalue weighted by molar-refractivity contribution is 7.22. The van der Waals surface area contributed by atoms with Crippen molar-refractivity contribution in [2.24, 2.45) is 0 Å². The van der Waals surface area contributed by atoms with Crippen LogP contribution >= 0.6 is 22.7 Å². The number of nitrogens with zero attached hydrogens (tertiary/aromatic N) is 4. The number of hydrogen-bond acceptors (Lipinski definition) is 9. The van der Waals surface area contributed by atoms with Crippen molar-refractivity contribution in [2.75, 3.05) is 4.90 Å². The summed E-state index contributed by atoms with van der Waals surface area (Å²) in [6.45, 7) is 0. The smallest absolute Gasteiger partial charge is 0.301 e. The molecule has 3 aromatic heterocycles. The number of anilines is 1. The lowest BCUT2D eigenvalue weighted by molar-refractivity contribution is -0.384. The minimum atomic E-state index is -0.876. The summed E-state index contributed by atoms with van der Waals surface area (Å²) in [7, 11) is 0. The number of benzene rings is 1.